The van der Waals surface area contributed by atoms with Crippen molar-refractivity contribution in [1.82, 2.24) is 9.80 Å². The van der Waals surface area contributed by atoms with Crippen LogP contribution >= 0.6 is 0 Å². The lowest BCUT2D eigenvalue weighted by molar-refractivity contribution is -0.142. The summed E-state index contributed by atoms with van der Waals surface area (Å²) in [4.78, 5) is 26.5. The SMILES string of the molecule is C[C@@H]1CN(C(=O)N2CCS(=O)CC2)C[C@H]1C(=O)O. The first-order valence-electron chi connectivity index (χ1n) is 6.10. The van der Waals surface area contributed by atoms with Crippen LogP contribution < -0.4 is 0 Å². The molecular formula is C11H18N2O4S. The molecule has 2 rings (SSSR count). The smallest absolute Gasteiger partial charge is 0.320 e. The lowest BCUT2D eigenvalue weighted by Gasteiger charge is -2.30. The van der Waals surface area contributed by atoms with Crippen LogP contribution in [0.1, 0.15) is 6.92 Å². The van der Waals surface area contributed by atoms with E-state index in [2.05, 4.69) is 0 Å². The maximum atomic E-state index is 12.2. The Morgan fingerprint density at radius 2 is 1.78 bits per heavy atom. The van der Waals surface area contributed by atoms with Gasteiger partial charge >= 0.3 is 12.0 Å². The number of aliphatic carboxylic acids is 1. The molecule has 2 fully saturated rings. The number of carboxylic acid groups (broad SMARTS) is 1. The molecule has 2 heterocycles. The molecule has 0 radical (unpaired) electrons. The number of carbonyl (C=O) groups is 2. The summed E-state index contributed by atoms with van der Waals surface area (Å²) >= 11 is 0. The molecule has 2 aliphatic heterocycles. The third-order valence-corrected chi connectivity index (χ3v) is 4.92. The molecule has 0 bridgehead atoms. The van der Waals surface area contributed by atoms with E-state index >= 15 is 0 Å². The summed E-state index contributed by atoms with van der Waals surface area (Å²) in [6.07, 6.45) is 0. The molecule has 0 aromatic rings. The van der Waals surface area contributed by atoms with Gasteiger partial charge in [-0.2, -0.15) is 0 Å². The minimum atomic E-state index is -0.836. The van der Waals surface area contributed by atoms with Crippen LogP contribution in [0, 0.1) is 11.8 Å². The summed E-state index contributed by atoms with van der Waals surface area (Å²) in [5.41, 5.74) is 0. The molecule has 1 N–H and O–H groups in total. The molecule has 0 aromatic heterocycles. The summed E-state index contributed by atoms with van der Waals surface area (Å²) in [5.74, 6) is -0.259. The zero-order valence-corrected chi connectivity index (χ0v) is 11.2. The number of carboxylic acids is 1. The number of likely N-dealkylation sites (tertiary alicyclic amines) is 1. The lowest BCUT2D eigenvalue weighted by atomic mass is 9.99. The lowest BCUT2D eigenvalue weighted by Crippen LogP contribution is -2.48. The second-order valence-corrected chi connectivity index (χ2v) is 6.64. The zero-order valence-electron chi connectivity index (χ0n) is 10.4. The van der Waals surface area contributed by atoms with Gasteiger partial charge in [0.1, 0.15) is 0 Å². The van der Waals surface area contributed by atoms with E-state index in [0.717, 1.165) is 0 Å². The van der Waals surface area contributed by atoms with Crippen LogP contribution in [0.3, 0.4) is 0 Å². The van der Waals surface area contributed by atoms with Crippen molar-refractivity contribution < 1.29 is 18.9 Å². The molecule has 0 unspecified atom stereocenters. The Labute approximate surface area is 108 Å². The molecular weight excluding hydrogens is 256 g/mol. The second kappa shape index (κ2) is 5.26. The van der Waals surface area contributed by atoms with Gasteiger partial charge in [-0.1, -0.05) is 6.92 Å². The fourth-order valence-corrected chi connectivity index (χ4v) is 3.53. The summed E-state index contributed by atoms with van der Waals surface area (Å²) in [5, 5.41) is 9.04. The standard InChI is InChI=1S/C11H18N2O4S/c1-8-6-13(7-9(8)10(14)15)11(16)12-2-4-18(17)5-3-12/h8-9H,2-7H2,1H3,(H,14,15)/t8-,9-/m1/s1. The van der Waals surface area contributed by atoms with Gasteiger partial charge in [0.05, 0.1) is 5.92 Å². The van der Waals surface area contributed by atoms with E-state index in [4.69, 9.17) is 5.11 Å². The minimum absolute atomic E-state index is 0.00891. The number of amides is 2. The van der Waals surface area contributed by atoms with Crippen molar-refractivity contribution in [3.63, 3.8) is 0 Å². The first-order chi connectivity index (χ1) is 8.49. The topological polar surface area (TPSA) is 77.9 Å². The zero-order chi connectivity index (χ0) is 13.3. The van der Waals surface area contributed by atoms with Crippen molar-refractivity contribution in [2.24, 2.45) is 11.8 Å². The molecule has 2 aliphatic rings. The average molecular weight is 274 g/mol. The van der Waals surface area contributed by atoms with Crippen molar-refractivity contribution in [1.29, 1.82) is 0 Å². The van der Waals surface area contributed by atoms with Crippen LogP contribution in [-0.4, -0.2) is 68.8 Å². The van der Waals surface area contributed by atoms with E-state index in [1.807, 2.05) is 6.92 Å². The Morgan fingerprint density at radius 1 is 1.17 bits per heavy atom. The summed E-state index contributed by atoms with van der Waals surface area (Å²) in [7, 11) is -0.807. The number of nitrogens with zero attached hydrogens (tertiary/aromatic N) is 2. The number of urea groups is 1. The fourth-order valence-electron chi connectivity index (χ4n) is 2.47. The van der Waals surface area contributed by atoms with Crippen molar-refractivity contribution in [3.8, 4) is 0 Å². The number of hydrogen-bond acceptors (Lipinski definition) is 3. The Morgan fingerprint density at radius 3 is 2.28 bits per heavy atom. The summed E-state index contributed by atoms with van der Waals surface area (Å²) in [6.45, 7) is 3.66. The first kappa shape index (κ1) is 13.3. The molecule has 18 heavy (non-hydrogen) atoms. The fraction of sp³-hybridized carbons (Fsp3) is 0.818. The normalized spacial score (nSPS) is 29.6. The highest BCUT2D eigenvalue weighted by atomic mass is 32.2. The molecule has 7 heteroatoms. The van der Waals surface area contributed by atoms with Crippen LogP contribution in [-0.2, 0) is 15.6 Å². The quantitative estimate of drug-likeness (QED) is 0.719. The molecule has 0 saturated carbocycles. The minimum Gasteiger partial charge on any atom is -0.481 e. The molecule has 102 valence electrons. The van der Waals surface area contributed by atoms with Crippen LogP contribution in [0.2, 0.25) is 0 Å². The Bertz CT molecular complexity index is 377. The molecule has 2 saturated heterocycles. The number of hydrogen-bond donors (Lipinski definition) is 1. The average Bonchev–Trinajstić information content (AvgIpc) is 2.71. The van der Waals surface area contributed by atoms with Crippen molar-refractivity contribution >= 4 is 22.8 Å². The van der Waals surface area contributed by atoms with Crippen LogP contribution in [0.25, 0.3) is 0 Å². The van der Waals surface area contributed by atoms with Gasteiger partial charge < -0.3 is 14.9 Å². The Hall–Kier alpha value is -1.11. The molecule has 0 aliphatic carbocycles. The van der Waals surface area contributed by atoms with Gasteiger partial charge in [-0.25, -0.2) is 4.79 Å². The summed E-state index contributed by atoms with van der Waals surface area (Å²) in [6, 6.07) is -0.109. The van der Waals surface area contributed by atoms with Crippen LogP contribution in [0.15, 0.2) is 0 Å². The largest absolute Gasteiger partial charge is 0.481 e. The summed E-state index contributed by atoms with van der Waals surface area (Å²) < 4.78 is 11.2. The molecule has 6 nitrogen and oxygen atoms in total. The van der Waals surface area contributed by atoms with E-state index in [0.29, 0.717) is 31.1 Å². The molecule has 0 spiro atoms. The maximum Gasteiger partial charge on any atom is 0.320 e. The van der Waals surface area contributed by atoms with E-state index in [9.17, 15) is 13.8 Å². The van der Waals surface area contributed by atoms with Gasteiger partial charge in [-0.3, -0.25) is 9.00 Å². The highest BCUT2D eigenvalue weighted by molar-refractivity contribution is 7.85. The van der Waals surface area contributed by atoms with Crippen LogP contribution in [0.4, 0.5) is 4.79 Å². The predicted octanol–water partition coefficient (Wildman–Crippen LogP) is -0.177. The third-order valence-electron chi connectivity index (χ3n) is 3.65. The van der Waals surface area contributed by atoms with Gasteiger partial charge in [0, 0.05) is 48.5 Å². The van der Waals surface area contributed by atoms with Crippen molar-refractivity contribution in [3.05, 3.63) is 0 Å². The van der Waals surface area contributed by atoms with Gasteiger partial charge in [-0.05, 0) is 5.92 Å². The first-order valence-corrected chi connectivity index (χ1v) is 7.59. The highest BCUT2D eigenvalue weighted by Gasteiger charge is 2.38. The van der Waals surface area contributed by atoms with Gasteiger partial charge in [0.25, 0.3) is 0 Å². The predicted molar refractivity (Wildman–Crippen MR) is 66.7 cm³/mol. The van der Waals surface area contributed by atoms with E-state index in [1.54, 1.807) is 9.80 Å². The second-order valence-electron chi connectivity index (χ2n) is 4.94. The van der Waals surface area contributed by atoms with E-state index in [-0.39, 0.29) is 18.5 Å². The number of rotatable bonds is 1. The monoisotopic (exact) mass is 274 g/mol. The van der Waals surface area contributed by atoms with Gasteiger partial charge in [0.2, 0.25) is 0 Å². The molecule has 2 amide bonds. The number of carbonyl (C=O) groups excluding carboxylic acids is 1. The Balaban J connectivity index is 1.94. The van der Waals surface area contributed by atoms with Crippen molar-refractivity contribution in [2.75, 3.05) is 37.7 Å². The maximum absolute atomic E-state index is 12.2. The van der Waals surface area contributed by atoms with E-state index in [1.165, 1.54) is 0 Å². The van der Waals surface area contributed by atoms with E-state index < -0.39 is 22.7 Å². The van der Waals surface area contributed by atoms with Crippen molar-refractivity contribution in [2.45, 2.75) is 6.92 Å². The van der Waals surface area contributed by atoms with Crippen LogP contribution in [0.5, 0.6) is 0 Å². The third kappa shape index (κ3) is 2.66. The molecule has 2 atom stereocenters. The Kier molecular flexibility index (Phi) is 3.89. The van der Waals surface area contributed by atoms with Gasteiger partial charge in [0.15, 0.2) is 0 Å². The van der Waals surface area contributed by atoms with Gasteiger partial charge in [-0.15, -0.1) is 0 Å². The highest BCUT2D eigenvalue weighted by Crippen LogP contribution is 2.24. The molecule has 0 aromatic carbocycles.